The summed E-state index contributed by atoms with van der Waals surface area (Å²) in [6, 6.07) is 16.3. The van der Waals surface area contributed by atoms with E-state index in [1.165, 1.54) is 7.11 Å². The summed E-state index contributed by atoms with van der Waals surface area (Å²) in [6.07, 6.45) is 0.880. The minimum absolute atomic E-state index is 0.113. The number of benzene rings is 2. The fourth-order valence-corrected chi connectivity index (χ4v) is 3.44. The van der Waals surface area contributed by atoms with Crippen molar-refractivity contribution in [2.45, 2.75) is 19.4 Å². The van der Waals surface area contributed by atoms with E-state index in [2.05, 4.69) is 10.1 Å². The van der Waals surface area contributed by atoms with Gasteiger partial charge in [-0.2, -0.15) is 0 Å². The first-order valence-corrected chi connectivity index (χ1v) is 10.3. The monoisotopic (exact) mass is 425 g/mol. The number of anilines is 1. The molecule has 3 rings (SSSR count). The maximum atomic E-state index is 12.3. The summed E-state index contributed by atoms with van der Waals surface area (Å²) in [4.78, 5) is 24.9. The van der Waals surface area contributed by atoms with E-state index < -0.39 is 5.97 Å². The van der Waals surface area contributed by atoms with E-state index in [1.54, 1.807) is 42.7 Å². The van der Waals surface area contributed by atoms with Crippen molar-refractivity contribution in [3.05, 3.63) is 76.0 Å². The Morgan fingerprint density at radius 3 is 2.47 bits per heavy atom. The first-order valence-electron chi connectivity index (χ1n) is 9.39. The summed E-state index contributed by atoms with van der Waals surface area (Å²) in [5, 5.41) is 4.84. The van der Waals surface area contributed by atoms with E-state index in [-0.39, 0.29) is 5.91 Å². The Hall–Kier alpha value is -3.32. The molecule has 0 aliphatic carbocycles. The Balaban J connectivity index is 1.53. The van der Waals surface area contributed by atoms with Crippen molar-refractivity contribution in [3.63, 3.8) is 0 Å². The fraction of sp³-hybridized carbons (Fsp3) is 0.217. The maximum Gasteiger partial charge on any atom is 0.337 e. The topological polar surface area (TPSA) is 73.9 Å². The van der Waals surface area contributed by atoms with Crippen molar-refractivity contribution in [1.82, 2.24) is 0 Å². The number of carbonyl (C=O) groups is 2. The number of esters is 1. The quantitative estimate of drug-likeness (QED) is 0.503. The molecule has 1 aromatic heterocycles. The molecular weight excluding hydrogens is 402 g/mol. The van der Waals surface area contributed by atoms with Crippen LogP contribution < -0.4 is 14.8 Å². The molecule has 0 saturated heterocycles. The number of ether oxygens (including phenoxy) is 3. The van der Waals surface area contributed by atoms with E-state index in [4.69, 9.17) is 9.47 Å². The number of amides is 1. The fourth-order valence-electron chi connectivity index (χ4n) is 2.82. The zero-order chi connectivity index (χ0) is 21.3. The molecule has 0 saturated carbocycles. The molecule has 6 nitrogen and oxygen atoms in total. The van der Waals surface area contributed by atoms with Gasteiger partial charge in [0.2, 0.25) is 5.91 Å². The third-order valence-corrected chi connectivity index (χ3v) is 5.26. The van der Waals surface area contributed by atoms with Crippen LogP contribution in [0.3, 0.4) is 0 Å². The number of nitrogens with one attached hydrogen (secondary N) is 1. The van der Waals surface area contributed by atoms with Crippen molar-refractivity contribution in [2.75, 3.05) is 19.5 Å². The Morgan fingerprint density at radius 1 is 1.00 bits per heavy atom. The molecule has 0 aliphatic heterocycles. The molecule has 1 heterocycles. The number of rotatable bonds is 9. The average molecular weight is 426 g/mol. The second kappa shape index (κ2) is 10.5. The molecule has 0 spiro atoms. The van der Waals surface area contributed by atoms with Crippen LogP contribution in [0.2, 0.25) is 0 Å². The SMILES string of the molecule is COC(=O)c1ccc(NC(=O)CCc2ccc(OCc3cccs3)c(OC)c2)cc1. The summed E-state index contributed by atoms with van der Waals surface area (Å²) >= 11 is 1.64. The van der Waals surface area contributed by atoms with Gasteiger partial charge in [-0.25, -0.2) is 4.79 Å². The van der Waals surface area contributed by atoms with Gasteiger partial charge in [0.05, 0.1) is 19.8 Å². The number of aryl methyl sites for hydroxylation is 1. The molecule has 3 aromatic rings. The third-order valence-electron chi connectivity index (χ3n) is 4.41. The van der Waals surface area contributed by atoms with Gasteiger partial charge < -0.3 is 19.5 Å². The average Bonchev–Trinajstić information content (AvgIpc) is 3.30. The third kappa shape index (κ3) is 5.84. The first-order chi connectivity index (χ1) is 14.6. The Morgan fingerprint density at radius 2 is 1.80 bits per heavy atom. The van der Waals surface area contributed by atoms with Crippen LogP contribution in [-0.4, -0.2) is 26.1 Å². The summed E-state index contributed by atoms with van der Waals surface area (Å²) < 4.78 is 15.9. The lowest BCUT2D eigenvalue weighted by atomic mass is 10.1. The van der Waals surface area contributed by atoms with Gasteiger partial charge in [-0.05, 0) is 59.8 Å². The van der Waals surface area contributed by atoms with Crippen molar-refractivity contribution in [3.8, 4) is 11.5 Å². The molecule has 0 unspecified atom stereocenters. The molecule has 1 amide bonds. The summed E-state index contributed by atoms with van der Waals surface area (Å²) in [5.41, 5.74) is 2.04. The highest BCUT2D eigenvalue weighted by molar-refractivity contribution is 7.09. The van der Waals surface area contributed by atoms with Gasteiger partial charge >= 0.3 is 5.97 Å². The van der Waals surface area contributed by atoms with Crippen LogP contribution in [0.25, 0.3) is 0 Å². The number of methoxy groups -OCH3 is 2. The molecule has 30 heavy (non-hydrogen) atoms. The van der Waals surface area contributed by atoms with E-state index in [0.717, 1.165) is 10.4 Å². The normalized spacial score (nSPS) is 10.3. The first kappa shape index (κ1) is 21.4. The molecule has 0 radical (unpaired) electrons. The predicted molar refractivity (Wildman–Crippen MR) is 116 cm³/mol. The van der Waals surface area contributed by atoms with E-state index in [1.807, 2.05) is 35.7 Å². The summed E-state index contributed by atoms with van der Waals surface area (Å²) in [7, 11) is 2.93. The minimum Gasteiger partial charge on any atom is -0.493 e. The van der Waals surface area contributed by atoms with Crippen molar-refractivity contribution < 1.29 is 23.8 Å². The zero-order valence-corrected chi connectivity index (χ0v) is 17.7. The molecule has 0 bridgehead atoms. The van der Waals surface area contributed by atoms with Crippen LogP contribution in [-0.2, 0) is 22.6 Å². The lowest BCUT2D eigenvalue weighted by Gasteiger charge is -2.12. The summed E-state index contributed by atoms with van der Waals surface area (Å²) in [6.45, 7) is 0.491. The summed E-state index contributed by atoms with van der Waals surface area (Å²) in [5.74, 6) is 0.787. The smallest absolute Gasteiger partial charge is 0.337 e. The number of thiophene rings is 1. The van der Waals surface area contributed by atoms with E-state index in [9.17, 15) is 9.59 Å². The van der Waals surface area contributed by atoms with Crippen LogP contribution in [0.5, 0.6) is 11.5 Å². The largest absolute Gasteiger partial charge is 0.493 e. The predicted octanol–water partition coefficient (Wildman–Crippen LogP) is 4.69. The van der Waals surface area contributed by atoms with Crippen molar-refractivity contribution in [1.29, 1.82) is 0 Å². The molecule has 156 valence electrons. The van der Waals surface area contributed by atoms with Gasteiger partial charge in [0.1, 0.15) is 6.61 Å². The lowest BCUT2D eigenvalue weighted by Crippen LogP contribution is -2.12. The highest BCUT2D eigenvalue weighted by Crippen LogP contribution is 2.29. The van der Waals surface area contributed by atoms with E-state index in [0.29, 0.717) is 42.2 Å². The number of carbonyl (C=O) groups excluding carboxylic acids is 2. The second-order valence-corrected chi connectivity index (χ2v) is 7.50. The maximum absolute atomic E-state index is 12.3. The van der Waals surface area contributed by atoms with Gasteiger partial charge in [-0.15, -0.1) is 11.3 Å². The molecule has 0 fully saturated rings. The molecule has 0 atom stereocenters. The van der Waals surface area contributed by atoms with Crippen LogP contribution in [0.15, 0.2) is 60.0 Å². The highest BCUT2D eigenvalue weighted by atomic mass is 32.1. The molecule has 7 heteroatoms. The standard InChI is InChI=1S/C23H23NO5S/c1-27-21-14-16(5-11-20(21)29-15-19-4-3-13-30-19)6-12-22(25)24-18-9-7-17(8-10-18)23(26)28-2/h3-5,7-11,13-14H,6,12,15H2,1-2H3,(H,24,25). The van der Waals surface area contributed by atoms with Gasteiger partial charge in [0.15, 0.2) is 11.5 Å². The van der Waals surface area contributed by atoms with Crippen LogP contribution in [0.1, 0.15) is 27.2 Å². The highest BCUT2D eigenvalue weighted by Gasteiger charge is 2.10. The van der Waals surface area contributed by atoms with Crippen molar-refractivity contribution >= 4 is 28.9 Å². The van der Waals surface area contributed by atoms with Crippen molar-refractivity contribution in [2.24, 2.45) is 0 Å². The zero-order valence-electron chi connectivity index (χ0n) is 16.8. The Bertz CT molecular complexity index is 983. The van der Waals surface area contributed by atoms with Gasteiger partial charge in [0, 0.05) is 17.0 Å². The second-order valence-electron chi connectivity index (χ2n) is 6.47. The number of hydrogen-bond donors (Lipinski definition) is 1. The molecular formula is C23H23NO5S. The van der Waals surface area contributed by atoms with Gasteiger partial charge in [-0.3, -0.25) is 4.79 Å². The van der Waals surface area contributed by atoms with Crippen LogP contribution in [0, 0.1) is 0 Å². The van der Waals surface area contributed by atoms with Gasteiger partial charge in [0.25, 0.3) is 0 Å². The van der Waals surface area contributed by atoms with E-state index >= 15 is 0 Å². The minimum atomic E-state index is -0.412. The Kier molecular flexibility index (Phi) is 7.45. The molecule has 1 N–H and O–H groups in total. The van der Waals surface area contributed by atoms with Gasteiger partial charge in [-0.1, -0.05) is 12.1 Å². The van der Waals surface area contributed by atoms with Crippen LogP contribution >= 0.6 is 11.3 Å². The molecule has 0 aliphatic rings. The lowest BCUT2D eigenvalue weighted by molar-refractivity contribution is -0.116. The Labute approximate surface area is 179 Å². The number of hydrogen-bond acceptors (Lipinski definition) is 6. The molecule has 2 aromatic carbocycles. The van der Waals surface area contributed by atoms with Crippen LogP contribution in [0.4, 0.5) is 5.69 Å².